The highest BCUT2D eigenvalue weighted by Crippen LogP contribution is 2.24. The zero-order valence-corrected chi connectivity index (χ0v) is 16.9. The van der Waals surface area contributed by atoms with Gasteiger partial charge >= 0.3 is 0 Å². The predicted molar refractivity (Wildman–Crippen MR) is 107 cm³/mol. The minimum absolute atomic E-state index is 0.0655. The standard InChI is InChI=1S/C20H21ClF2N4O3/c1-11(28)26-17-6-5-13(9-24-17)20(30)27-10-14(22)7-16(27)19(29)25-8-12-3-2-4-15(21)18(12)23/h2-6,9,11,14,16,28H,7-8,10H2,1H3,(H,24,26)(H,25,29)/t11?,14-,16+/m1/s1. The lowest BCUT2D eigenvalue weighted by Crippen LogP contribution is -2.45. The number of hydrogen-bond donors (Lipinski definition) is 3. The molecule has 0 spiro atoms. The van der Waals surface area contributed by atoms with Crippen LogP contribution in [0.2, 0.25) is 5.02 Å². The number of anilines is 1. The SMILES string of the molecule is CC(O)Nc1ccc(C(=O)N2C[C@H](F)C[C@H]2C(=O)NCc2cccc(Cl)c2F)cn1. The summed E-state index contributed by atoms with van der Waals surface area (Å²) in [7, 11) is 0. The van der Waals surface area contributed by atoms with Crippen LogP contribution in [0.25, 0.3) is 0 Å². The zero-order chi connectivity index (χ0) is 21.8. The molecule has 1 aromatic carbocycles. The van der Waals surface area contributed by atoms with Gasteiger partial charge < -0.3 is 20.6 Å². The van der Waals surface area contributed by atoms with Crippen molar-refractivity contribution < 1.29 is 23.5 Å². The minimum atomic E-state index is -1.35. The summed E-state index contributed by atoms with van der Waals surface area (Å²) in [5, 5.41) is 14.5. The van der Waals surface area contributed by atoms with Gasteiger partial charge in [-0.25, -0.2) is 13.8 Å². The topological polar surface area (TPSA) is 94.6 Å². The second-order valence-corrected chi connectivity index (χ2v) is 7.40. The molecule has 0 bridgehead atoms. The zero-order valence-electron chi connectivity index (χ0n) is 16.1. The lowest BCUT2D eigenvalue weighted by Gasteiger charge is -2.23. The molecule has 3 rings (SSSR count). The van der Waals surface area contributed by atoms with Crippen LogP contribution in [-0.2, 0) is 11.3 Å². The van der Waals surface area contributed by atoms with Crippen LogP contribution in [0.3, 0.4) is 0 Å². The Labute approximate surface area is 177 Å². The van der Waals surface area contributed by atoms with Gasteiger partial charge in [0.2, 0.25) is 5.91 Å². The molecular formula is C20H21ClF2N4O3. The molecule has 30 heavy (non-hydrogen) atoms. The number of aromatic nitrogens is 1. The number of amides is 2. The molecule has 0 radical (unpaired) electrons. The number of halogens is 3. The molecule has 2 heterocycles. The third-order valence-electron chi connectivity index (χ3n) is 4.67. The van der Waals surface area contributed by atoms with Gasteiger partial charge in [0.05, 0.1) is 17.1 Å². The number of likely N-dealkylation sites (tertiary alicyclic amines) is 1. The Balaban J connectivity index is 1.69. The Kier molecular flexibility index (Phi) is 6.84. The van der Waals surface area contributed by atoms with Crippen molar-refractivity contribution in [1.82, 2.24) is 15.2 Å². The maximum Gasteiger partial charge on any atom is 0.256 e. The van der Waals surface area contributed by atoms with Crippen LogP contribution in [-0.4, -0.2) is 51.8 Å². The largest absolute Gasteiger partial charge is 0.374 e. The molecule has 1 aliphatic heterocycles. The van der Waals surface area contributed by atoms with Crippen molar-refractivity contribution in [3.05, 3.63) is 58.5 Å². The number of carbonyl (C=O) groups is 2. The van der Waals surface area contributed by atoms with Crippen molar-refractivity contribution >= 4 is 29.2 Å². The first-order valence-corrected chi connectivity index (χ1v) is 9.70. The van der Waals surface area contributed by atoms with Crippen LogP contribution in [0.5, 0.6) is 0 Å². The Hall–Kier alpha value is -2.78. The van der Waals surface area contributed by atoms with E-state index in [0.29, 0.717) is 5.82 Å². The Bertz CT molecular complexity index is 927. The van der Waals surface area contributed by atoms with E-state index in [-0.39, 0.29) is 35.7 Å². The van der Waals surface area contributed by atoms with Crippen molar-refractivity contribution in [2.45, 2.75) is 38.3 Å². The molecule has 160 valence electrons. The summed E-state index contributed by atoms with van der Waals surface area (Å²) in [4.78, 5) is 30.6. The van der Waals surface area contributed by atoms with E-state index in [4.69, 9.17) is 11.6 Å². The average Bonchev–Trinajstić information content (AvgIpc) is 3.10. The summed E-state index contributed by atoms with van der Waals surface area (Å²) in [6, 6.07) is 6.38. The molecule has 3 atom stereocenters. The van der Waals surface area contributed by atoms with Gasteiger partial charge in [-0.2, -0.15) is 0 Å². The fourth-order valence-corrected chi connectivity index (χ4v) is 3.42. The maximum absolute atomic E-state index is 14.0. The number of hydrogen-bond acceptors (Lipinski definition) is 5. The van der Waals surface area contributed by atoms with Crippen LogP contribution in [0, 0.1) is 5.82 Å². The molecule has 1 aliphatic rings. The number of nitrogens with one attached hydrogen (secondary N) is 2. The first-order valence-electron chi connectivity index (χ1n) is 9.32. The monoisotopic (exact) mass is 438 g/mol. The van der Waals surface area contributed by atoms with E-state index in [1.54, 1.807) is 6.07 Å². The molecule has 2 aromatic rings. The summed E-state index contributed by atoms with van der Waals surface area (Å²) >= 11 is 5.73. The van der Waals surface area contributed by atoms with Crippen molar-refractivity contribution in [1.29, 1.82) is 0 Å². The molecule has 0 aliphatic carbocycles. The highest BCUT2D eigenvalue weighted by Gasteiger charge is 2.40. The van der Waals surface area contributed by atoms with Crippen molar-refractivity contribution in [3.63, 3.8) is 0 Å². The summed E-state index contributed by atoms with van der Waals surface area (Å²) in [5.41, 5.74) is 0.368. The number of carbonyl (C=O) groups excluding carboxylic acids is 2. The number of alkyl halides is 1. The van der Waals surface area contributed by atoms with Gasteiger partial charge in [-0.15, -0.1) is 0 Å². The fraction of sp³-hybridized carbons (Fsp3) is 0.350. The summed E-state index contributed by atoms with van der Waals surface area (Å²) in [6.07, 6.45) is -1.03. The molecule has 0 saturated carbocycles. The molecule has 1 fully saturated rings. The Morgan fingerprint density at radius 2 is 2.13 bits per heavy atom. The fourth-order valence-electron chi connectivity index (χ4n) is 3.23. The van der Waals surface area contributed by atoms with Gasteiger partial charge in [-0.05, 0) is 25.1 Å². The summed E-state index contributed by atoms with van der Waals surface area (Å²) in [6.45, 7) is 1.16. The van der Waals surface area contributed by atoms with Crippen LogP contribution in [0.1, 0.15) is 29.3 Å². The molecular weight excluding hydrogens is 418 g/mol. The van der Waals surface area contributed by atoms with Gasteiger partial charge in [0.1, 0.15) is 30.1 Å². The second kappa shape index (κ2) is 9.36. The molecule has 3 N–H and O–H groups in total. The van der Waals surface area contributed by atoms with Crippen LogP contribution < -0.4 is 10.6 Å². The van der Waals surface area contributed by atoms with E-state index >= 15 is 0 Å². The first-order chi connectivity index (χ1) is 14.3. The van der Waals surface area contributed by atoms with Crippen LogP contribution in [0.4, 0.5) is 14.6 Å². The Morgan fingerprint density at radius 3 is 2.80 bits per heavy atom. The van der Waals surface area contributed by atoms with Gasteiger partial charge in [-0.3, -0.25) is 9.59 Å². The third kappa shape index (κ3) is 5.03. The van der Waals surface area contributed by atoms with Gasteiger partial charge in [-0.1, -0.05) is 23.7 Å². The average molecular weight is 439 g/mol. The third-order valence-corrected chi connectivity index (χ3v) is 4.96. The van der Waals surface area contributed by atoms with Crippen molar-refractivity contribution in [2.24, 2.45) is 0 Å². The summed E-state index contributed by atoms with van der Waals surface area (Å²) < 4.78 is 28.0. The minimum Gasteiger partial charge on any atom is -0.374 e. The highest BCUT2D eigenvalue weighted by molar-refractivity contribution is 6.30. The lowest BCUT2D eigenvalue weighted by molar-refractivity contribution is -0.125. The van der Waals surface area contributed by atoms with E-state index in [9.17, 15) is 23.5 Å². The van der Waals surface area contributed by atoms with Crippen LogP contribution in [0.15, 0.2) is 36.5 Å². The van der Waals surface area contributed by atoms with Gasteiger partial charge in [0.25, 0.3) is 5.91 Å². The first kappa shape index (κ1) is 21.9. The van der Waals surface area contributed by atoms with Crippen molar-refractivity contribution in [2.75, 3.05) is 11.9 Å². The number of aliphatic hydroxyl groups is 1. The number of nitrogens with zero attached hydrogens (tertiary/aromatic N) is 2. The maximum atomic E-state index is 14.0. The van der Waals surface area contributed by atoms with E-state index in [1.807, 2.05) is 0 Å². The van der Waals surface area contributed by atoms with E-state index in [2.05, 4.69) is 15.6 Å². The smallest absolute Gasteiger partial charge is 0.256 e. The van der Waals surface area contributed by atoms with E-state index < -0.39 is 36.1 Å². The number of aliphatic hydroxyl groups excluding tert-OH is 1. The number of rotatable bonds is 6. The molecule has 1 aromatic heterocycles. The van der Waals surface area contributed by atoms with Gasteiger partial charge in [0.15, 0.2) is 0 Å². The molecule has 1 saturated heterocycles. The highest BCUT2D eigenvalue weighted by atomic mass is 35.5. The molecule has 2 amide bonds. The number of benzene rings is 1. The Morgan fingerprint density at radius 1 is 1.37 bits per heavy atom. The van der Waals surface area contributed by atoms with E-state index in [1.165, 1.54) is 37.4 Å². The van der Waals surface area contributed by atoms with E-state index in [0.717, 1.165) is 4.90 Å². The second-order valence-electron chi connectivity index (χ2n) is 6.99. The summed E-state index contributed by atoms with van der Waals surface area (Å²) in [5.74, 6) is -1.40. The number of pyridine rings is 1. The molecule has 7 nitrogen and oxygen atoms in total. The van der Waals surface area contributed by atoms with Crippen LogP contribution >= 0.6 is 11.6 Å². The quantitative estimate of drug-likeness (QED) is 0.602. The normalized spacial score (nSPS) is 19.4. The lowest BCUT2D eigenvalue weighted by atomic mass is 10.1. The predicted octanol–water partition coefficient (Wildman–Crippen LogP) is 2.49. The molecule has 10 heteroatoms. The van der Waals surface area contributed by atoms with Crippen molar-refractivity contribution in [3.8, 4) is 0 Å². The van der Waals surface area contributed by atoms with Gasteiger partial charge in [0, 0.05) is 24.7 Å². The molecule has 1 unspecified atom stereocenters.